The Morgan fingerprint density at radius 3 is 1.12 bits per heavy atom. The number of ether oxygens (including phenoxy) is 11. The average molecular weight is 682 g/mol. The lowest BCUT2D eigenvalue weighted by Gasteiger charge is -2.09. The normalized spacial score (nSPS) is 11.2. The summed E-state index contributed by atoms with van der Waals surface area (Å²) in [6, 6.07) is 17.2. The van der Waals surface area contributed by atoms with Crippen LogP contribution in [0, 0.1) is 0 Å². The first-order chi connectivity index (χ1) is 23.7. The zero-order valence-electron chi connectivity index (χ0n) is 28.4. The lowest BCUT2D eigenvalue weighted by Crippen LogP contribution is -2.15. The van der Waals surface area contributed by atoms with Crippen LogP contribution in [0.25, 0.3) is 0 Å². The van der Waals surface area contributed by atoms with Gasteiger partial charge in [0, 0.05) is 12.6 Å². The molecule has 0 heterocycles. The van der Waals surface area contributed by atoms with Crippen molar-refractivity contribution in [3.8, 4) is 5.75 Å². The first-order valence-corrected chi connectivity index (χ1v) is 16.6. The van der Waals surface area contributed by atoms with Crippen molar-refractivity contribution in [3.63, 3.8) is 0 Å². The highest BCUT2D eigenvalue weighted by molar-refractivity contribution is 5.88. The molecule has 0 saturated carbocycles. The molecule has 0 unspecified atom stereocenters. The number of nitrogens with one attached hydrogen (secondary N) is 1. The van der Waals surface area contributed by atoms with Crippen molar-refractivity contribution in [3.05, 3.63) is 60.2 Å². The highest BCUT2D eigenvalue weighted by Crippen LogP contribution is 2.15. The molecule has 0 saturated heterocycles. The van der Waals surface area contributed by atoms with Crippen molar-refractivity contribution in [2.24, 2.45) is 0 Å². The molecule has 272 valence electrons. The zero-order valence-corrected chi connectivity index (χ0v) is 28.4. The third-order valence-electron chi connectivity index (χ3n) is 6.13. The van der Waals surface area contributed by atoms with Gasteiger partial charge in [-0.25, -0.2) is 0 Å². The summed E-state index contributed by atoms with van der Waals surface area (Å²) >= 11 is 0. The Labute approximate surface area is 285 Å². The fraction of sp³-hybridized carbons (Fsp3) is 0.629. The molecule has 0 atom stereocenters. The first-order valence-electron chi connectivity index (χ1n) is 16.6. The van der Waals surface area contributed by atoms with Crippen molar-refractivity contribution < 1.29 is 56.9 Å². The molecule has 0 aliphatic carbocycles. The molecule has 0 spiro atoms. The van der Waals surface area contributed by atoms with E-state index in [0.29, 0.717) is 139 Å². The molecule has 48 heavy (non-hydrogen) atoms. The monoisotopic (exact) mass is 681 g/mol. The molecule has 2 aromatic rings. The van der Waals surface area contributed by atoms with Crippen LogP contribution >= 0.6 is 0 Å². The first kappa shape index (κ1) is 41.5. The molecule has 0 aromatic heterocycles. The molecule has 1 N–H and O–H groups in total. The van der Waals surface area contributed by atoms with Gasteiger partial charge in [-0.15, -0.1) is 0 Å². The van der Waals surface area contributed by atoms with E-state index in [2.05, 4.69) is 5.32 Å². The third-order valence-corrected chi connectivity index (χ3v) is 6.13. The molecule has 13 nitrogen and oxygen atoms in total. The largest absolute Gasteiger partial charge is 0.491 e. The second-order valence-corrected chi connectivity index (χ2v) is 10.1. The van der Waals surface area contributed by atoms with Gasteiger partial charge in [0.05, 0.1) is 132 Å². The maximum absolute atomic E-state index is 11.0. The molecule has 0 aliphatic rings. The summed E-state index contributed by atoms with van der Waals surface area (Å²) in [5.41, 5.74) is 1.89. The quantitative estimate of drug-likeness (QED) is 0.109. The lowest BCUT2D eigenvalue weighted by molar-refractivity contribution is -0.114. The summed E-state index contributed by atoms with van der Waals surface area (Å²) in [7, 11) is 0. The number of hydrogen-bond acceptors (Lipinski definition) is 12. The van der Waals surface area contributed by atoms with Crippen LogP contribution < -0.4 is 10.1 Å². The minimum atomic E-state index is -0.108. The van der Waals surface area contributed by atoms with Gasteiger partial charge in [0.25, 0.3) is 0 Å². The SMILES string of the molecule is CC(=O)Nc1ccc(OCCOCCOCCOCCOCCOCCOCCOCCOCCOCCOCc2ccccc2)cc1. The second kappa shape index (κ2) is 31.6. The van der Waals surface area contributed by atoms with Crippen LogP contribution in [-0.2, 0) is 58.8 Å². The summed E-state index contributed by atoms with van der Waals surface area (Å²) < 4.78 is 60.6. The van der Waals surface area contributed by atoms with Gasteiger partial charge in [0.15, 0.2) is 0 Å². The summed E-state index contributed by atoms with van der Waals surface area (Å²) in [6.45, 7) is 12.1. The van der Waals surface area contributed by atoms with E-state index in [-0.39, 0.29) is 5.91 Å². The van der Waals surface area contributed by atoms with E-state index in [1.807, 2.05) is 30.3 Å². The molecule has 13 heteroatoms. The second-order valence-electron chi connectivity index (χ2n) is 10.1. The molecule has 2 aromatic carbocycles. The van der Waals surface area contributed by atoms with E-state index in [1.54, 1.807) is 24.3 Å². The molecule has 0 bridgehead atoms. The molecular weight excluding hydrogens is 626 g/mol. The van der Waals surface area contributed by atoms with Gasteiger partial charge in [-0.2, -0.15) is 0 Å². The summed E-state index contributed by atoms with van der Waals surface area (Å²) in [4.78, 5) is 11.0. The maximum Gasteiger partial charge on any atom is 0.221 e. The lowest BCUT2D eigenvalue weighted by atomic mass is 10.2. The van der Waals surface area contributed by atoms with Crippen LogP contribution in [0.15, 0.2) is 54.6 Å². The Kier molecular flexibility index (Phi) is 27.3. The predicted octanol–water partition coefficient (Wildman–Crippen LogP) is 3.39. The number of benzene rings is 2. The van der Waals surface area contributed by atoms with Gasteiger partial charge in [0.2, 0.25) is 5.91 Å². The van der Waals surface area contributed by atoms with E-state index < -0.39 is 0 Å². The van der Waals surface area contributed by atoms with Crippen LogP contribution in [0.1, 0.15) is 12.5 Å². The zero-order chi connectivity index (χ0) is 34.0. The van der Waals surface area contributed by atoms with E-state index >= 15 is 0 Å². The molecule has 1 amide bonds. The van der Waals surface area contributed by atoms with Gasteiger partial charge in [-0.05, 0) is 29.8 Å². The van der Waals surface area contributed by atoms with Gasteiger partial charge >= 0.3 is 0 Å². The van der Waals surface area contributed by atoms with E-state index in [9.17, 15) is 4.79 Å². The Morgan fingerprint density at radius 1 is 0.438 bits per heavy atom. The summed E-state index contributed by atoms with van der Waals surface area (Å²) in [6.07, 6.45) is 0. The third kappa shape index (κ3) is 26.3. The Bertz CT molecular complexity index is 983. The number of rotatable bonds is 34. The number of carbonyl (C=O) groups is 1. The van der Waals surface area contributed by atoms with Crippen molar-refractivity contribution in [2.75, 3.05) is 137 Å². The van der Waals surface area contributed by atoms with E-state index in [4.69, 9.17) is 52.1 Å². The predicted molar refractivity (Wildman–Crippen MR) is 180 cm³/mol. The van der Waals surface area contributed by atoms with Gasteiger partial charge in [0.1, 0.15) is 12.4 Å². The molecule has 0 radical (unpaired) electrons. The van der Waals surface area contributed by atoms with Crippen molar-refractivity contribution in [1.82, 2.24) is 0 Å². The smallest absolute Gasteiger partial charge is 0.221 e. The van der Waals surface area contributed by atoms with Crippen LogP contribution in [0.5, 0.6) is 5.75 Å². The van der Waals surface area contributed by atoms with E-state index in [0.717, 1.165) is 17.0 Å². The van der Waals surface area contributed by atoms with Crippen LogP contribution in [-0.4, -0.2) is 138 Å². The number of carbonyl (C=O) groups excluding carboxylic acids is 1. The fourth-order valence-electron chi connectivity index (χ4n) is 3.80. The van der Waals surface area contributed by atoms with Crippen molar-refractivity contribution in [2.45, 2.75) is 13.5 Å². The van der Waals surface area contributed by atoms with Crippen molar-refractivity contribution >= 4 is 11.6 Å². The fourth-order valence-corrected chi connectivity index (χ4v) is 3.80. The minimum Gasteiger partial charge on any atom is -0.491 e. The maximum atomic E-state index is 11.0. The van der Waals surface area contributed by atoms with Crippen LogP contribution in [0.4, 0.5) is 5.69 Å². The van der Waals surface area contributed by atoms with E-state index in [1.165, 1.54) is 6.92 Å². The van der Waals surface area contributed by atoms with Crippen LogP contribution in [0.3, 0.4) is 0 Å². The van der Waals surface area contributed by atoms with Crippen LogP contribution in [0.2, 0.25) is 0 Å². The highest BCUT2D eigenvalue weighted by Gasteiger charge is 1.99. The molecule has 0 fully saturated rings. The number of hydrogen-bond donors (Lipinski definition) is 1. The molecular formula is C35H55NO12. The number of amides is 1. The van der Waals surface area contributed by atoms with Gasteiger partial charge in [-0.1, -0.05) is 30.3 Å². The Balaban J connectivity index is 1.16. The topological polar surface area (TPSA) is 131 Å². The standard InChI is InChI=1S/C35H55NO12/c1-32(37)36-34-7-9-35(10-8-34)48-30-29-46-26-25-44-22-21-42-18-17-40-14-13-38-11-12-39-15-16-41-19-20-43-23-24-45-27-28-47-31-33-5-3-2-4-6-33/h2-10H,11-31H2,1H3,(H,36,37). The highest BCUT2D eigenvalue weighted by atomic mass is 16.6. The Morgan fingerprint density at radius 2 is 0.771 bits per heavy atom. The Hall–Kier alpha value is -2.69. The summed E-state index contributed by atoms with van der Waals surface area (Å²) in [5.74, 6) is 0.610. The average Bonchev–Trinajstić information content (AvgIpc) is 3.09. The molecule has 2 rings (SSSR count). The summed E-state index contributed by atoms with van der Waals surface area (Å²) in [5, 5.41) is 2.71. The van der Waals surface area contributed by atoms with Crippen molar-refractivity contribution in [1.29, 1.82) is 0 Å². The number of anilines is 1. The van der Waals surface area contributed by atoms with Gasteiger partial charge < -0.3 is 57.4 Å². The van der Waals surface area contributed by atoms with Gasteiger partial charge in [-0.3, -0.25) is 4.79 Å². The molecule has 0 aliphatic heterocycles. The minimum absolute atomic E-state index is 0.108.